The number of rotatable bonds is 10. The van der Waals surface area contributed by atoms with Crippen LogP contribution in [0.5, 0.6) is 5.88 Å². The van der Waals surface area contributed by atoms with Crippen molar-refractivity contribution < 1.29 is 28.2 Å². The van der Waals surface area contributed by atoms with Gasteiger partial charge in [-0.05, 0) is 110 Å². The lowest BCUT2D eigenvalue weighted by Crippen LogP contribution is -2.27. The second-order valence-corrected chi connectivity index (χ2v) is 13.7. The van der Waals surface area contributed by atoms with Gasteiger partial charge in [0.15, 0.2) is 0 Å². The fourth-order valence-electron chi connectivity index (χ4n) is 6.79. The molecule has 2 bridgehead atoms. The van der Waals surface area contributed by atoms with Gasteiger partial charge in [-0.25, -0.2) is 13.8 Å². The number of benzene rings is 2. The van der Waals surface area contributed by atoms with Gasteiger partial charge in [0.1, 0.15) is 18.2 Å². The van der Waals surface area contributed by atoms with Gasteiger partial charge < -0.3 is 14.6 Å². The van der Waals surface area contributed by atoms with E-state index in [0.717, 1.165) is 41.2 Å². The third-order valence-corrected chi connectivity index (χ3v) is 8.76. The highest BCUT2D eigenvalue weighted by molar-refractivity contribution is 5.76. The molecule has 6 rings (SSSR count). The van der Waals surface area contributed by atoms with Gasteiger partial charge in [-0.1, -0.05) is 13.8 Å². The average Bonchev–Trinajstić information content (AvgIpc) is 3.71. The monoisotopic (exact) mass is 631 g/mol. The molecule has 2 aromatic carbocycles. The summed E-state index contributed by atoms with van der Waals surface area (Å²) in [6.07, 6.45) is 3.38. The molecule has 4 aromatic rings. The molecule has 1 N–H and O–H groups in total. The first-order valence-electron chi connectivity index (χ1n) is 15.7. The lowest BCUT2D eigenvalue weighted by molar-refractivity contribution is -0.150. The molecule has 2 aromatic heterocycles. The summed E-state index contributed by atoms with van der Waals surface area (Å²) in [6, 6.07) is 7.93. The molecule has 9 nitrogen and oxygen atoms in total. The van der Waals surface area contributed by atoms with Crippen LogP contribution in [0.3, 0.4) is 0 Å². The highest BCUT2D eigenvalue weighted by Crippen LogP contribution is 2.56. The number of aryl methyl sites for hydroxylation is 2. The van der Waals surface area contributed by atoms with Crippen molar-refractivity contribution in [2.45, 2.75) is 85.0 Å². The Bertz CT molecular complexity index is 1780. The fourth-order valence-corrected chi connectivity index (χ4v) is 6.79. The summed E-state index contributed by atoms with van der Waals surface area (Å²) in [5.74, 6) is -0.327. The fraction of sp³-hybridized carbons (Fsp3) is 0.457. The van der Waals surface area contributed by atoms with Gasteiger partial charge in [-0.3, -0.25) is 4.79 Å². The number of fused-ring (bicyclic) bond motifs is 5. The van der Waals surface area contributed by atoms with Gasteiger partial charge in [0, 0.05) is 35.0 Å². The normalized spacial score (nSPS) is 18.7. The topological polar surface area (TPSA) is 112 Å². The summed E-state index contributed by atoms with van der Waals surface area (Å²) in [5, 5.41) is 22.6. The van der Waals surface area contributed by atoms with E-state index in [-0.39, 0.29) is 53.9 Å². The van der Waals surface area contributed by atoms with Gasteiger partial charge in [0.25, 0.3) is 0 Å². The van der Waals surface area contributed by atoms with Crippen LogP contribution in [0.2, 0.25) is 0 Å². The summed E-state index contributed by atoms with van der Waals surface area (Å²) in [6.45, 7) is 11.5. The predicted octanol–water partition coefficient (Wildman–Crippen LogP) is 6.44. The molecule has 0 spiro atoms. The molecule has 2 aliphatic rings. The van der Waals surface area contributed by atoms with E-state index in [1.807, 2.05) is 45.9 Å². The number of esters is 1. The molecule has 2 aliphatic carbocycles. The Labute approximate surface area is 267 Å². The smallest absolute Gasteiger partial charge is 0.309 e. The van der Waals surface area contributed by atoms with Crippen molar-refractivity contribution >= 4 is 5.97 Å². The number of hydrogen-bond acceptors (Lipinski definition) is 8. The molecule has 0 amide bonds. The van der Waals surface area contributed by atoms with Gasteiger partial charge in [-0.2, -0.15) is 4.80 Å². The van der Waals surface area contributed by atoms with Crippen LogP contribution in [-0.2, 0) is 22.7 Å². The van der Waals surface area contributed by atoms with Crippen LogP contribution >= 0.6 is 0 Å². The van der Waals surface area contributed by atoms with E-state index in [1.165, 1.54) is 10.9 Å². The Morgan fingerprint density at radius 3 is 2.50 bits per heavy atom. The second-order valence-electron chi connectivity index (χ2n) is 13.7. The third-order valence-electron chi connectivity index (χ3n) is 8.76. The quantitative estimate of drug-likeness (QED) is 0.199. The van der Waals surface area contributed by atoms with Crippen molar-refractivity contribution in [3.8, 4) is 28.4 Å². The highest BCUT2D eigenvalue weighted by atomic mass is 19.1. The molecule has 1 unspecified atom stereocenters. The zero-order valence-corrected chi connectivity index (χ0v) is 27.0. The molecular formula is C35H39F2N5O4. The van der Waals surface area contributed by atoms with Crippen molar-refractivity contribution in [3.05, 3.63) is 76.0 Å². The van der Waals surface area contributed by atoms with Crippen molar-refractivity contribution in [1.82, 2.24) is 25.2 Å². The van der Waals surface area contributed by atoms with Crippen LogP contribution in [0.1, 0.15) is 80.2 Å². The Morgan fingerprint density at radius 1 is 1.07 bits per heavy atom. The Hall–Kier alpha value is -4.25. The molecule has 0 radical (unpaired) electrons. The third kappa shape index (κ3) is 6.38. The molecule has 0 saturated heterocycles. The number of tetrazole rings is 1. The Balaban J connectivity index is 1.19. The maximum atomic E-state index is 15.2. The van der Waals surface area contributed by atoms with E-state index in [9.17, 15) is 9.90 Å². The number of aromatic nitrogens is 5. The number of nitrogens with zero attached hydrogens (tertiary/aromatic N) is 5. The number of carbonyl (C=O) groups is 1. The van der Waals surface area contributed by atoms with E-state index < -0.39 is 17.2 Å². The van der Waals surface area contributed by atoms with Gasteiger partial charge in [0.05, 0.1) is 24.7 Å². The van der Waals surface area contributed by atoms with Crippen LogP contribution in [-0.4, -0.2) is 48.5 Å². The van der Waals surface area contributed by atoms with Crippen LogP contribution in [0.4, 0.5) is 8.78 Å². The average molecular weight is 632 g/mol. The van der Waals surface area contributed by atoms with Gasteiger partial charge in [-0.15, -0.1) is 10.2 Å². The Morgan fingerprint density at radius 2 is 1.80 bits per heavy atom. The lowest BCUT2D eigenvalue weighted by Gasteiger charge is -2.23. The minimum Gasteiger partial charge on any atom is -0.473 e. The standard InChI is InChI=1S/C35H39F2N5O4/c1-18(2)15-46-34(43)26-10-21-9-25(26)28-14-38-31(12-24(21)28)45-16-23-11-27(30(37)13-29(23)36)32-19(3)7-22(8-20(32)4)33-39-41-42(40-33)17-35(5,6)44/h7-8,11-14,18,21,25-26,44H,9-10,15-17H2,1-6H3/t21?,25-,26-/m0/s1. The maximum absolute atomic E-state index is 15.2. The summed E-state index contributed by atoms with van der Waals surface area (Å²) in [4.78, 5) is 18.5. The second kappa shape index (κ2) is 12.2. The van der Waals surface area contributed by atoms with Crippen molar-refractivity contribution in [1.29, 1.82) is 0 Å². The molecule has 1 saturated carbocycles. The van der Waals surface area contributed by atoms with E-state index in [0.29, 0.717) is 29.4 Å². The van der Waals surface area contributed by atoms with Crippen LogP contribution in [0.25, 0.3) is 22.5 Å². The number of carbonyl (C=O) groups excluding carboxylic acids is 1. The Kier molecular flexibility index (Phi) is 8.39. The van der Waals surface area contributed by atoms with E-state index in [1.54, 1.807) is 20.0 Å². The first-order valence-corrected chi connectivity index (χ1v) is 15.7. The number of halogens is 2. The summed E-state index contributed by atoms with van der Waals surface area (Å²) >= 11 is 0. The largest absolute Gasteiger partial charge is 0.473 e. The van der Waals surface area contributed by atoms with Crippen molar-refractivity contribution in [2.75, 3.05) is 6.61 Å². The molecular weight excluding hydrogens is 592 g/mol. The van der Waals surface area contributed by atoms with Crippen molar-refractivity contribution in [3.63, 3.8) is 0 Å². The lowest BCUT2D eigenvalue weighted by atomic mass is 9.84. The van der Waals surface area contributed by atoms with E-state index >= 15 is 8.78 Å². The predicted molar refractivity (Wildman–Crippen MR) is 167 cm³/mol. The molecule has 0 aliphatic heterocycles. The zero-order chi connectivity index (χ0) is 32.9. The van der Waals surface area contributed by atoms with Crippen LogP contribution < -0.4 is 4.74 Å². The number of pyridine rings is 1. The van der Waals surface area contributed by atoms with Crippen LogP contribution in [0.15, 0.2) is 36.5 Å². The first-order chi connectivity index (χ1) is 21.8. The minimum atomic E-state index is -1.00. The highest BCUT2D eigenvalue weighted by Gasteiger charge is 2.48. The summed E-state index contributed by atoms with van der Waals surface area (Å²) < 4.78 is 41.7. The van der Waals surface area contributed by atoms with Gasteiger partial charge >= 0.3 is 5.97 Å². The van der Waals surface area contributed by atoms with Gasteiger partial charge in [0.2, 0.25) is 11.7 Å². The molecule has 46 heavy (non-hydrogen) atoms. The summed E-state index contributed by atoms with van der Waals surface area (Å²) in [7, 11) is 0. The molecule has 11 heteroatoms. The van der Waals surface area contributed by atoms with E-state index in [2.05, 4.69) is 20.4 Å². The molecule has 2 heterocycles. The first kappa shape index (κ1) is 31.7. The van der Waals surface area contributed by atoms with Crippen molar-refractivity contribution in [2.24, 2.45) is 11.8 Å². The van der Waals surface area contributed by atoms with E-state index in [4.69, 9.17) is 9.47 Å². The van der Waals surface area contributed by atoms with Crippen LogP contribution in [0, 0.1) is 37.3 Å². The number of ether oxygens (including phenoxy) is 2. The zero-order valence-electron chi connectivity index (χ0n) is 27.0. The number of aliphatic hydroxyl groups is 1. The molecule has 242 valence electrons. The minimum absolute atomic E-state index is 0.0895. The number of hydrogen-bond donors (Lipinski definition) is 1. The maximum Gasteiger partial charge on any atom is 0.309 e. The molecule has 1 fully saturated rings. The summed E-state index contributed by atoms with van der Waals surface area (Å²) in [5.41, 5.74) is 4.47. The SMILES string of the molecule is Cc1cc(-c2nnn(CC(C)(C)O)n2)cc(C)c1-c1cc(COc2cc3c(cn2)[C@H]2CC3C[C@@H]2C(=O)OCC(C)C)c(F)cc1F. The molecule has 3 atom stereocenters.